The van der Waals surface area contributed by atoms with E-state index in [0.717, 1.165) is 16.9 Å². The Morgan fingerprint density at radius 2 is 2.00 bits per heavy atom. The van der Waals surface area contributed by atoms with Gasteiger partial charge in [0.05, 0.1) is 12.1 Å². The van der Waals surface area contributed by atoms with E-state index >= 15 is 0 Å². The third kappa shape index (κ3) is 2.81. The number of aryl methyl sites for hydroxylation is 1. The Balaban J connectivity index is 1.83. The Morgan fingerprint density at radius 1 is 1.25 bits per heavy atom. The van der Waals surface area contributed by atoms with Crippen molar-refractivity contribution in [2.45, 2.75) is 31.9 Å². The molecule has 1 aromatic heterocycles. The normalized spacial score (nSPS) is 15.9. The number of hydrazine groups is 1. The monoisotopic (exact) mass is 269 g/mol. The van der Waals surface area contributed by atoms with Crippen LogP contribution in [0.4, 0.5) is 0 Å². The van der Waals surface area contributed by atoms with Crippen LogP contribution in [0.1, 0.15) is 35.6 Å². The van der Waals surface area contributed by atoms with Crippen LogP contribution in [-0.2, 0) is 0 Å². The largest absolute Gasteiger partial charge is 0.490 e. The van der Waals surface area contributed by atoms with E-state index in [2.05, 4.69) is 29.5 Å². The molecule has 1 aromatic carbocycles. The third-order valence-corrected chi connectivity index (χ3v) is 3.60. The second-order valence-electron chi connectivity index (χ2n) is 5.22. The third-order valence-electron chi connectivity index (χ3n) is 3.60. The lowest BCUT2D eigenvalue weighted by atomic mass is 9.97. The standard InChI is InChI=1S/C16H19N3O/c1-11-8-9-18-10-15(11)16(19-17)12-2-4-13(5-3-12)20-14-6-7-14/h2-5,8-10,14,16,19H,6-7,17H2,1H3. The first-order valence-corrected chi connectivity index (χ1v) is 6.91. The molecular formula is C16H19N3O. The van der Waals surface area contributed by atoms with Crippen molar-refractivity contribution in [3.63, 3.8) is 0 Å². The molecule has 0 amide bonds. The second-order valence-corrected chi connectivity index (χ2v) is 5.22. The zero-order chi connectivity index (χ0) is 13.9. The minimum absolute atomic E-state index is 0.0568. The summed E-state index contributed by atoms with van der Waals surface area (Å²) in [6, 6.07) is 10.0. The van der Waals surface area contributed by atoms with Gasteiger partial charge >= 0.3 is 0 Å². The average Bonchev–Trinajstić information content (AvgIpc) is 3.27. The molecule has 1 saturated carbocycles. The average molecular weight is 269 g/mol. The molecule has 0 radical (unpaired) electrons. The second kappa shape index (κ2) is 5.61. The van der Waals surface area contributed by atoms with Crippen LogP contribution in [0.2, 0.25) is 0 Å². The summed E-state index contributed by atoms with van der Waals surface area (Å²) in [7, 11) is 0. The molecule has 0 spiro atoms. The van der Waals surface area contributed by atoms with E-state index in [9.17, 15) is 0 Å². The van der Waals surface area contributed by atoms with Crippen LogP contribution in [0.5, 0.6) is 5.75 Å². The predicted octanol–water partition coefficient (Wildman–Crippen LogP) is 2.48. The van der Waals surface area contributed by atoms with Crippen molar-refractivity contribution in [3.8, 4) is 5.75 Å². The van der Waals surface area contributed by atoms with Gasteiger partial charge < -0.3 is 4.74 Å². The van der Waals surface area contributed by atoms with Crippen molar-refractivity contribution in [3.05, 3.63) is 59.4 Å². The number of pyridine rings is 1. The van der Waals surface area contributed by atoms with Crippen LogP contribution >= 0.6 is 0 Å². The summed E-state index contributed by atoms with van der Waals surface area (Å²) in [6.07, 6.45) is 6.41. The van der Waals surface area contributed by atoms with Crippen LogP contribution < -0.4 is 16.0 Å². The Labute approximate surface area is 119 Å². The Hall–Kier alpha value is -1.91. The maximum absolute atomic E-state index is 5.76. The highest BCUT2D eigenvalue weighted by Crippen LogP contribution is 2.29. The van der Waals surface area contributed by atoms with E-state index in [0.29, 0.717) is 6.10 Å². The summed E-state index contributed by atoms with van der Waals surface area (Å²) in [6.45, 7) is 2.06. The van der Waals surface area contributed by atoms with Crippen LogP contribution in [-0.4, -0.2) is 11.1 Å². The maximum atomic E-state index is 5.76. The van der Waals surface area contributed by atoms with Gasteiger partial charge in [0.2, 0.25) is 0 Å². The molecule has 1 unspecified atom stereocenters. The van der Waals surface area contributed by atoms with E-state index in [1.807, 2.05) is 24.4 Å². The van der Waals surface area contributed by atoms with Crippen molar-refractivity contribution < 1.29 is 4.74 Å². The molecule has 4 nitrogen and oxygen atoms in total. The van der Waals surface area contributed by atoms with E-state index in [-0.39, 0.29) is 6.04 Å². The fraction of sp³-hybridized carbons (Fsp3) is 0.312. The number of hydrogen-bond donors (Lipinski definition) is 2. The molecule has 1 aliphatic carbocycles. The smallest absolute Gasteiger partial charge is 0.119 e. The topological polar surface area (TPSA) is 60.2 Å². The molecule has 0 saturated heterocycles. The lowest BCUT2D eigenvalue weighted by Gasteiger charge is -2.19. The summed E-state index contributed by atoms with van der Waals surface area (Å²) in [4.78, 5) is 4.18. The summed E-state index contributed by atoms with van der Waals surface area (Å²) in [5.41, 5.74) is 6.23. The van der Waals surface area contributed by atoms with E-state index < -0.39 is 0 Å². The maximum Gasteiger partial charge on any atom is 0.119 e. The summed E-state index contributed by atoms with van der Waals surface area (Å²) >= 11 is 0. The van der Waals surface area contributed by atoms with Crippen molar-refractivity contribution in [2.75, 3.05) is 0 Å². The highest BCUT2D eigenvalue weighted by atomic mass is 16.5. The molecule has 0 aliphatic heterocycles. The zero-order valence-corrected chi connectivity index (χ0v) is 11.5. The number of rotatable bonds is 5. The van der Waals surface area contributed by atoms with E-state index in [1.54, 1.807) is 6.20 Å². The molecule has 0 bridgehead atoms. The van der Waals surface area contributed by atoms with E-state index in [1.165, 1.54) is 18.4 Å². The molecule has 1 heterocycles. The molecule has 4 heteroatoms. The summed E-state index contributed by atoms with van der Waals surface area (Å²) in [5.74, 6) is 6.65. The van der Waals surface area contributed by atoms with Gasteiger partial charge in [-0.05, 0) is 54.7 Å². The number of benzene rings is 1. The molecule has 2 aromatic rings. The zero-order valence-electron chi connectivity index (χ0n) is 11.5. The molecule has 1 fully saturated rings. The number of nitrogens with zero attached hydrogens (tertiary/aromatic N) is 1. The minimum atomic E-state index is -0.0568. The van der Waals surface area contributed by atoms with Gasteiger partial charge in [-0.25, -0.2) is 5.43 Å². The van der Waals surface area contributed by atoms with Gasteiger partial charge in [-0.1, -0.05) is 12.1 Å². The molecule has 1 atom stereocenters. The number of aromatic nitrogens is 1. The van der Waals surface area contributed by atoms with Crippen molar-refractivity contribution >= 4 is 0 Å². The van der Waals surface area contributed by atoms with Crippen molar-refractivity contribution in [1.29, 1.82) is 0 Å². The predicted molar refractivity (Wildman–Crippen MR) is 78.2 cm³/mol. The first-order valence-electron chi connectivity index (χ1n) is 6.91. The number of ether oxygens (including phenoxy) is 1. The quantitative estimate of drug-likeness (QED) is 0.646. The number of nitrogens with one attached hydrogen (secondary N) is 1. The van der Waals surface area contributed by atoms with Crippen LogP contribution in [0.3, 0.4) is 0 Å². The van der Waals surface area contributed by atoms with Gasteiger partial charge in [-0.2, -0.15) is 0 Å². The van der Waals surface area contributed by atoms with Gasteiger partial charge in [-0.3, -0.25) is 10.8 Å². The number of nitrogens with two attached hydrogens (primary N) is 1. The highest BCUT2D eigenvalue weighted by Gasteiger charge is 2.23. The fourth-order valence-corrected chi connectivity index (χ4v) is 2.26. The van der Waals surface area contributed by atoms with Gasteiger partial charge in [0.15, 0.2) is 0 Å². The fourth-order valence-electron chi connectivity index (χ4n) is 2.26. The Morgan fingerprint density at radius 3 is 2.60 bits per heavy atom. The Bertz CT molecular complexity index is 579. The van der Waals surface area contributed by atoms with Crippen molar-refractivity contribution in [1.82, 2.24) is 10.4 Å². The molecular weight excluding hydrogens is 250 g/mol. The van der Waals surface area contributed by atoms with Gasteiger partial charge in [0.25, 0.3) is 0 Å². The summed E-state index contributed by atoms with van der Waals surface area (Å²) in [5, 5.41) is 0. The molecule has 3 N–H and O–H groups in total. The molecule has 20 heavy (non-hydrogen) atoms. The highest BCUT2D eigenvalue weighted by molar-refractivity contribution is 5.37. The van der Waals surface area contributed by atoms with Crippen molar-refractivity contribution in [2.24, 2.45) is 5.84 Å². The van der Waals surface area contributed by atoms with Gasteiger partial charge in [0, 0.05) is 12.4 Å². The van der Waals surface area contributed by atoms with Gasteiger partial charge in [0.1, 0.15) is 5.75 Å². The lowest BCUT2D eigenvalue weighted by Crippen LogP contribution is -2.29. The van der Waals surface area contributed by atoms with Crippen LogP contribution in [0, 0.1) is 6.92 Å². The first kappa shape index (κ1) is 13.1. The first-order chi connectivity index (χ1) is 9.78. The lowest BCUT2D eigenvalue weighted by molar-refractivity contribution is 0.303. The minimum Gasteiger partial charge on any atom is -0.490 e. The van der Waals surface area contributed by atoms with Gasteiger partial charge in [-0.15, -0.1) is 0 Å². The molecule has 104 valence electrons. The summed E-state index contributed by atoms with van der Waals surface area (Å²) < 4.78 is 5.76. The van der Waals surface area contributed by atoms with Crippen LogP contribution in [0.25, 0.3) is 0 Å². The SMILES string of the molecule is Cc1ccncc1C(NN)c1ccc(OC2CC2)cc1. The number of hydrogen-bond acceptors (Lipinski definition) is 4. The van der Waals surface area contributed by atoms with E-state index in [4.69, 9.17) is 10.6 Å². The Kier molecular flexibility index (Phi) is 3.67. The molecule has 3 rings (SSSR count). The van der Waals surface area contributed by atoms with Crippen LogP contribution in [0.15, 0.2) is 42.7 Å². The molecule has 1 aliphatic rings.